The second kappa shape index (κ2) is 20.2. The molecule has 0 aliphatic carbocycles. The Hall–Kier alpha value is -0.820. The van der Waals surface area contributed by atoms with Crippen LogP contribution < -0.4 is 0 Å². The maximum absolute atomic E-state index is 10.6. The Balaban J connectivity index is 3.18. The lowest BCUT2D eigenvalue weighted by Crippen LogP contribution is -1.86. The predicted molar refractivity (Wildman–Crippen MR) is 109 cm³/mol. The van der Waals surface area contributed by atoms with E-state index in [4.69, 9.17) is 11.6 Å². The van der Waals surface area contributed by atoms with E-state index in [2.05, 4.69) is 43.4 Å². The first-order valence-electron chi connectivity index (χ1n) is 9.90. The quantitative estimate of drug-likeness (QED) is 0.148. The minimum Gasteiger partial charge on any atom is -0.281 e. The Labute approximate surface area is 155 Å². The maximum Gasteiger partial charge on any atom is 0.221 e. The Morgan fingerprint density at radius 2 is 1.12 bits per heavy atom. The molecule has 1 nitrogen and oxygen atoms in total. The van der Waals surface area contributed by atoms with Crippen LogP contribution >= 0.6 is 11.6 Å². The van der Waals surface area contributed by atoms with Crippen molar-refractivity contribution in [3.05, 3.63) is 36.5 Å². The summed E-state index contributed by atoms with van der Waals surface area (Å²) >= 11 is 5.31. The van der Waals surface area contributed by atoms with Crippen LogP contribution in [0.25, 0.3) is 0 Å². The van der Waals surface area contributed by atoms with Gasteiger partial charge >= 0.3 is 0 Å². The molecule has 0 spiro atoms. The summed E-state index contributed by atoms with van der Waals surface area (Å²) in [7, 11) is 0. The van der Waals surface area contributed by atoms with Crippen molar-refractivity contribution >= 4 is 16.8 Å². The van der Waals surface area contributed by atoms with Crippen LogP contribution in [-0.2, 0) is 4.79 Å². The molecule has 0 aliphatic rings. The number of halogens is 1. The summed E-state index contributed by atoms with van der Waals surface area (Å²) in [6.07, 6.45) is 29.9. The van der Waals surface area contributed by atoms with Gasteiger partial charge in [-0.05, 0) is 50.1 Å². The van der Waals surface area contributed by atoms with Crippen molar-refractivity contribution in [2.75, 3.05) is 0 Å². The molecule has 138 valence electrons. The lowest BCUT2D eigenvalue weighted by molar-refractivity contribution is -0.111. The van der Waals surface area contributed by atoms with Gasteiger partial charge < -0.3 is 0 Å². The second-order valence-corrected chi connectivity index (χ2v) is 6.79. The number of carbonyl (C=O) groups excluding carboxylic acids is 1. The summed E-state index contributed by atoms with van der Waals surface area (Å²) in [4.78, 5) is 10.6. The molecule has 2 heteroatoms. The number of rotatable bonds is 17. The van der Waals surface area contributed by atoms with E-state index in [1.807, 2.05) is 0 Å². The Kier molecular flexibility index (Phi) is 19.5. The van der Waals surface area contributed by atoms with Gasteiger partial charge in [0.1, 0.15) is 0 Å². The molecule has 0 N–H and O–H groups in total. The normalized spacial score (nSPS) is 12.1. The molecule has 0 saturated heterocycles. The monoisotopic (exact) mass is 352 g/mol. The maximum atomic E-state index is 10.6. The van der Waals surface area contributed by atoms with Gasteiger partial charge in [-0.15, -0.1) is 0 Å². The van der Waals surface area contributed by atoms with Gasteiger partial charge in [0.15, 0.2) is 0 Å². The Morgan fingerprint density at radius 3 is 1.67 bits per heavy atom. The zero-order valence-electron chi connectivity index (χ0n) is 15.6. The van der Waals surface area contributed by atoms with Gasteiger partial charge in [0.25, 0.3) is 0 Å². The molecular weight excluding hydrogens is 316 g/mol. The lowest BCUT2D eigenvalue weighted by atomic mass is 10.1. The summed E-state index contributed by atoms with van der Waals surface area (Å²) in [5.74, 6) is 0. The SMILES string of the molecule is CC/C=C\C/C=C\C/C=C\CCCCCCCCCCCC(=O)Cl. The zero-order valence-corrected chi connectivity index (χ0v) is 16.4. The zero-order chi connectivity index (χ0) is 17.7. The molecule has 0 atom stereocenters. The third-order valence-corrected chi connectivity index (χ3v) is 4.21. The van der Waals surface area contributed by atoms with Gasteiger partial charge in [-0.1, -0.05) is 88.3 Å². The number of hydrogen-bond donors (Lipinski definition) is 0. The summed E-state index contributed by atoms with van der Waals surface area (Å²) in [5, 5.41) is -0.191. The van der Waals surface area contributed by atoms with E-state index in [0.29, 0.717) is 6.42 Å². The van der Waals surface area contributed by atoms with E-state index in [1.165, 1.54) is 51.4 Å². The largest absolute Gasteiger partial charge is 0.281 e. The van der Waals surface area contributed by atoms with Crippen molar-refractivity contribution in [2.24, 2.45) is 0 Å². The molecule has 0 bridgehead atoms. The second-order valence-electron chi connectivity index (χ2n) is 6.37. The Morgan fingerprint density at radius 1 is 0.667 bits per heavy atom. The molecule has 0 saturated carbocycles. The molecule has 0 aromatic heterocycles. The molecule has 0 aromatic rings. The Bertz CT molecular complexity index is 355. The highest BCUT2D eigenvalue weighted by atomic mass is 35.5. The van der Waals surface area contributed by atoms with Crippen LogP contribution in [0.1, 0.15) is 96.8 Å². The number of allylic oxidation sites excluding steroid dienone is 6. The van der Waals surface area contributed by atoms with Crippen LogP contribution in [-0.4, -0.2) is 5.24 Å². The van der Waals surface area contributed by atoms with Crippen molar-refractivity contribution in [1.29, 1.82) is 0 Å². The summed E-state index contributed by atoms with van der Waals surface area (Å²) in [6, 6.07) is 0. The van der Waals surface area contributed by atoms with E-state index >= 15 is 0 Å². The van der Waals surface area contributed by atoms with E-state index in [1.54, 1.807) is 0 Å². The summed E-state index contributed by atoms with van der Waals surface area (Å²) in [6.45, 7) is 2.16. The highest BCUT2D eigenvalue weighted by molar-refractivity contribution is 6.63. The van der Waals surface area contributed by atoms with Crippen LogP contribution in [0.3, 0.4) is 0 Å². The van der Waals surface area contributed by atoms with Gasteiger partial charge in [0, 0.05) is 6.42 Å². The molecule has 0 aromatic carbocycles. The summed E-state index contributed by atoms with van der Waals surface area (Å²) < 4.78 is 0. The van der Waals surface area contributed by atoms with E-state index in [9.17, 15) is 4.79 Å². The van der Waals surface area contributed by atoms with Gasteiger partial charge in [-0.3, -0.25) is 4.79 Å². The molecule has 0 fully saturated rings. The number of unbranched alkanes of at least 4 members (excludes halogenated alkanes) is 9. The van der Waals surface area contributed by atoms with Crippen molar-refractivity contribution in [3.8, 4) is 0 Å². The molecule has 0 radical (unpaired) electrons. The molecule has 24 heavy (non-hydrogen) atoms. The van der Waals surface area contributed by atoms with E-state index in [-0.39, 0.29) is 5.24 Å². The highest BCUT2D eigenvalue weighted by Crippen LogP contribution is 2.12. The third kappa shape index (κ3) is 21.2. The van der Waals surface area contributed by atoms with E-state index < -0.39 is 0 Å². The van der Waals surface area contributed by atoms with Gasteiger partial charge in [0.05, 0.1) is 0 Å². The van der Waals surface area contributed by atoms with Crippen LogP contribution in [0.15, 0.2) is 36.5 Å². The first-order valence-corrected chi connectivity index (χ1v) is 10.3. The van der Waals surface area contributed by atoms with Crippen LogP contribution in [0.5, 0.6) is 0 Å². The van der Waals surface area contributed by atoms with Crippen molar-refractivity contribution in [2.45, 2.75) is 96.8 Å². The molecule has 0 aliphatic heterocycles. The van der Waals surface area contributed by atoms with Crippen molar-refractivity contribution < 1.29 is 4.79 Å². The molecule has 0 rings (SSSR count). The van der Waals surface area contributed by atoms with Crippen LogP contribution in [0, 0.1) is 0 Å². The molecular formula is C22H37ClO. The lowest BCUT2D eigenvalue weighted by Gasteiger charge is -2.01. The van der Waals surface area contributed by atoms with Crippen molar-refractivity contribution in [3.63, 3.8) is 0 Å². The van der Waals surface area contributed by atoms with Gasteiger partial charge in [-0.25, -0.2) is 0 Å². The van der Waals surface area contributed by atoms with Crippen LogP contribution in [0.4, 0.5) is 0 Å². The smallest absolute Gasteiger partial charge is 0.221 e. The summed E-state index contributed by atoms with van der Waals surface area (Å²) in [5.41, 5.74) is 0. The highest BCUT2D eigenvalue weighted by Gasteiger charge is 1.96. The average Bonchev–Trinajstić information content (AvgIpc) is 2.56. The molecule has 0 unspecified atom stereocenters. The van der Waals surface area contributed by atoms with Crippen molar-refractivity contribution in [1.82, 2.24) is 0 Å². The van der Waals surface area contributed by atoms with Gasteiger partial charge in [-0.2, -0.15) is 0 Å². The first-order chi connectivity index (χ1) is 11.8. The number of hydrogen-bond acceptors (Lipinski definition) is 1. The fourth-order valence-corrected chi connectivity index (χ4v) is 2.72. The first kappa shape index (κ1) is 23.2. The minimum atomic E-state index is -0.191. The predicted octanol–water partition coefficient (Wildman–Crippen LogP) is 7.90. The van der Waals surface area contributed by atoms with Gasteiger partial charge in [0.2, 0.25) is 5.24 Å². The topological polar surface area (TPSA) is 17.1 Å². The fraction of sp³-hybridized carbons (Fsp3) is 0.682. The third-order valence-electron chi connectivity index (χ3n) is 4.02. The van der Waals surface area contributed by atoms with E-state index in [0.717, 1.165) is 32.1 Å². The fourth-order valence-electron chi connectivity index (χ4n) is 2.59. The standard InChI is InChI=1S/C22H37ClO/c1-2-3-4-5-6-7-8-9-10-11-12-13-14-15-16-17-18-19-20-21-22(23)24/h3-4,6-7,9-10H,2,5,8,11-21H2,1H3/b4-3-,7-6-,10-9-. The average molecular weight is 353 g/mol. The molecule has 0 amide bonds. The molecule has 0 heterocycles. The number of carbonyl (C=O) groups is 1. The van der Waals surface area contributed by atoms with Crippen LogP contribution in [0.2, 0.25) is 0 Å². The minimum absolute atomic E-state index is 0.191.